The molecule has 0 aliphatic carbocycles. The van der Waals surface area contributed by atoms with Crippen molar-refractivity contribution in [1.82, 2.24) is 14.9 Å². The third kappa shape index (κ3) is 3.66. The average Bonchev–Trinajstić information content (AvgIpc) is 3.01. The molecule has 4 N–H and O–H groups in total. The van der Waals surface area contributed by atoms with Crippen molar-refractivity contribution in [3.63, 3.8) is 0 Å². The first-order valence-electron chi connectivity index (χ1n) is 6.87. The molecular weight excluding hydrogens is 302 g/mol. The number of aryl methyl sites for hydroxylation is 1. The highest BCUT2D eigenvalue weighted by Crippen LogP contribution is 2.18. The van der Waals surface area contributed by atoms with E-state index in [0.717, 1.165) is 11.5 Å². The Bertz CT molecular complexity index is 671. The van der Waals surface area contributed by atoms with Gasteiger partial charge in [-0.05, 0) is 30.1 Å². The summed E-state index contributed by atoms with van der Waals surface area (Å²) in [7, 11) is 0. The summed E-state index contributed by atoms with van der Waals surface area (Å²) in [4.78, 5) is 24.8. The van der Waals surface area contributed by atoms with Gasteiger partial charge in [0.05, 0.1) is 16.9 Å². The highest BCUT2D eigenvalue weighted by atomic mass is 32.1. The van der Waals surface area contributed by atoms with Gasteiger partial charge < -0.3 is 16.4 Å². The van der Waals surface area contributed by atoms with Gasteiger partial charge in [-0.25, -0.2) is 0 Å². The van der Waals surface area contributed by atoms with Crippen LogP contribution < -0.4 is 16.4 Å². The minimum Gasteiger partial charge on any atom is -0.351 e. The minimum absolute atomic E-state index is 0.278. The predicted octanol–water partition coefficient (Wildman–Crippen LogP) is 1.04. The van der Waals surface area contributed by atoms with Gasteiger partial charge in [-0.2, -0.15) is 0 Å². The Morgan fingerprint density at radius 2 is 2.05 bits per heavy atom. The van der Waals surface area contributed by atoms with Gasteiger partial charge >= 0.3 is 0 Å². The van der Waals surface area contributed by atoms with Crippen LogP contribution >= 0.6 is 11.5 Å². The van der Waals surface area contributed by atoms with Crippen LogP contribution in [0.1, 0.15) is 32.6 Å². The molecule has 1 aromatic carbocycles. The zero-order valence-corrected chi connectivity index (χ0v) is 12.9. The van der Waals surface area contributed by atoms with Gasteiger partial charge in [-0.1, -0.05) is 23.5 Å². The van der Waals surface area contributed by atoms with Crippen LogP contribution in [0.4, 0.5) is 5.69 Å². The fourth-order valence-corrected chi connectivity index (χ4v) is 2.51. The molecule has 0 unspecified atom stereocenters. The Hall–Kier alpha value is -2.32. The maximum Gasteiger partial charge on any atom is 0.269 e. The number of nitrogens with zero attached hydrogens (tertiary/aromatic N) is 2. The van der Waals surface area contributed by atoms with E-state index in [9.17, 15) is 9.59 Å². The second-order valence-electron chi connectivity index (χ2n) is 4.45. The number of aromatic nitrogens is 2. The van der Waals surface area contributed by atoms with Crippen LogP contribution in [0.3, 0.4) is 0 Å². The normalized spacial score (nSPS) is 10.3. The molecule has 0 aliphatic rings. The summed E-state index contributed by atoms with van der Waals surface area (Å²) >= 11 is 1.04. The zero-order chi connectivity index (χ0) is 15.9. The highest BCUT2D eigenvalue weighted by Gasteiger charge is 2.18. The quantitative estimate of drug-likeness (QED) is 0.737. The summed E-state index contributed by atoms with van der Waals surface area (Å²) in [6.07, 6.45) is 0.623. The molecule has 8 heteroatoms. The first kappa shape index (κ1) is 16.1. The van der Waals surface area contributed by atoms with E-state index >= 15 is 0 Å². The van der Waals surface area contributed by atoms with Crippen molar-refractivity contribution in [1.29, 1.82) is 0 Å². The maximum atomic E-state index is 12.3. The van der Waals surface area contributed by atoms with E-state index in [4.69, 9.17) is 5.73 Å². The topological polar surface area (TPSA) is 110 Å². The van der Waals surface area contributed by atoms with Crippen molar-refractivity contribution in [2.75, 3.05) is 18.4 Å². The number of amides is 2. The Labute approximate surface area is 132 Å². The van der Waals surface area contributed by atoms with Crippen LogP contribution in [0, 0.1) is 0 Å². The van der Waals surface area contributed by atoms with Crippen molar-refractivity contribution in [3.05, 3.63) is 40.4 Å². The average molecular weight is 319 g/mol. The van der Waals surface area contributed by atoms with Crippen LogP contribution in [0.15, 0.2) is 24.3 Å². The lowest BCUT2D eigenvalue weighted by Gasteiger charge is -2.10. The Balaban J connectivity index is 2.19. The molecule has 0 aliphatic heterocycles. The number of nitrogens with two attached hydrogens (primary N) is 1. The van der Waals surface area contributed by atoms with Gasteiger partial charge in [0.25, 0.3) is 11.8 Å². The van der Waals surface area contributed by atoms with Crippen LogP contribution in [0.25, 0.3) is 0 Å². The van der Waals surface area contributed by atoms with E-state index in [1.807, 2.05) is 6.92 Å². The molecule has 22 heavy (non-hydrogen) atoms. The van der Waals surface area contributed by atoms with E-state index in [1.54, 1.807) is 24.3 Å². The second kappa shape index (κ2) is 7.62. The smallest absolute Gasteiger partial charge is 0.269 e. The van der Waals surface area contributed by atoms with Crippen LogP contribution in [0.5, 0.6) is 0 Å². The second-order valence-corrected chi connectivity index (χ2v) is 5.20. The third-order valence-electron chi connectivity index (χ3n) is 2.95. The van der Waals surface area contributed by atoms with Crippen LogP contribution in [-0.4, -0.2) is 34.5 Å². The largest absolute Gasteiger partial charge is 0.351 e. The number of hydrogen-bond donors (Lipinski definition) is 3. The van der Waals surface area contributed by atoms with Crippen molar-refractivity contribution in [2.24, 2.45) is 5.73 Å². The minimum atomic E-state index is -0.314. The van der Waals surface area contributed by atoms with E-state index in [-0.39, 0.29) is 11.8 Å². The Kier molecular flexibility index (Phi) is 5.56. The van der Waals surface area contributed by atoms with Gasteiger partial charge in [-0.15, -0.1) is 5.10 Å². The number of benzene rings is 1. The zero-order valence-electron chi connectivity index (χ0n) is 12.1. The van der Waals surface area contributed by atoms with E-state index < -0.39 is 0 Å². The molecule has 2 rings (SSSR count). The number of rotatable bonds is 6. The van der Waals surface area contributed by atoms with Gasteiger partial charge in [0, 0.05) is 13.1 Å². The van der Waals surface area contributed by atoms with Crippen LogP contribution in [0.2, 0.25) is 0 Å². The molecule has 0 spiro atoms. The molecule has 1 aromatic heterocycles. The monoisotopic (exact) mass is 319 g/mol. The van der Waals surface area contributed by atoms with E-state index in [2.05, 4.69) is 20.2 Å². The standard InChI is InChI=1S/C14H17N5O2S/c1-2-10-12(22-19-18-10)14(21)17-11-6-4-3-5-9(11)13(20)16-8-7-15/h3-6H,2,7-8,15H2,1H3,(H,16,20)(H,17,21). The van der Waals surface area contributed by atoms with Gasteiger partial charge in [0.2, 0.25) is 0 Å². The number of hydrogen-bond acceptors (Lipinski definition) is 6. The third-order valence-corrected chi connectivity index (χ3v) is 3.71. The molecule has 0 atom stereocenters. The van der Waals surface area contributed by atoms with Gasteiger partial charge in [0.15, 0.2) is 0 Å². The lowest BCUT2D eigenvalue weighted by atomic mass is 10.1. The van der Waals surface area contributed by atoms with Gasteiger partial charge in [0.1, 0.15) is 4.88 Å². The summed E-state index contributed by atoms with van der Waals surface area (Å²) in [5.74, 6) is -0.592. The van der Waals surface area contributed by atoms with E-state index in [1.165, 1.54) is 0 Å². The number of carbonyl (C=O) groups is 2. The SMILES string of the molecule is CCc1nnsc1C(=O)Nc1ccccc1C(=O)NCCN. The number of anilines is 1. The first-order valence-corrected chi connectivity index (χ1v) is 7.64. The van der Waals surface area contributed by atoms with Crippen molar-refractivity contribution in [2.45, 2.75) is 13.3 Å². The highest BCUT2D eigenvalue weighted by molar-refractivity contribution is 7.08. The fraction of sp³-hybridized carbons (Fsp3) is 0.286. The lowest BCUT2D eigenvalue weighted by molar-refractivity contribution is 0.0955. The molecule has 1 heterocycles. The van der Waals surface area contributed by atoms with E-state index in [0.29, 0.717) is 41.3 Å². The van der Waals surface area contributed by atoms with Crippen LogP contribution in [-0.2, 0) is 6.42 Å². The summed E-state index contributed by atoms with van der Waals surface area (Å²) < 4.78 is 3.79. The number of nitrogens with one attached hydrogen (secondary N) is 2. The molecule has 2 aromatic rings. The Morgan fingerprint density at radius 3 is 2.77 bits per heavy atom. The van der Waals surface area contributed by atoms with Gasteiger partial charge in [-0.3, -0.25) is 9.59 Å². The molecule has 0 fully saturated rings. The predicted molar refractivity (Wildman–Crippen MR) is 85.1 cm³/mol. The lowest BCUT2D eigenvalue weighted by Crippen LogP contribution is -2.30. The fourth-order valence-electron chi connectivity index (χ4n) is 1.86. The molecule has 0 radical (unpaired) electrons. The first-order chi connectivity index (χ1) is 10.7. The van der Waals surface area contributed by atoms with Crippen molar-refractivity contribution < 1.29 is 9.59 Å². The molecule has 2 amide bonds. The summed E-state index contributed by atoms with van der Waals surface area (Å²) in [5.41, 5.74) is 6.85. The molecule has 116 valence electrons. The molecule has 7 nitrogen and oxygen atoms in total. The molecule has 0 saturated carbocycles. The summed E-state index contributed by atoms with van der Waals surface area (Å²) in [5, 5.41) is 9.34. The number of para-hydroxylation sites is 1. The van der Waals surface area contributed by atoms with Crippen molar-refractivity contribution in [3.8, 4) is 0 Å². The number of carbonyl (C=O) groups excluding carboxylic acids is 2. The maximum absolute atomic E-state index is 12.3. The summed E-state index contributed by atoms with van der Waals surface area (Å²) in [6.45, 7) is 2.63. The Morgan fingerprint density at radius 1 is 1.27 bits per heavy atom. The molecular formula is C14H17N5O2S. The van der Waals surface area contributed by atoms with Crippen molar-refractivity contribution >= 4 is 29.0 Å². The summed E-state index contributed by atoms with van der Waals surface area (Å²) in [6, 6.07) is 6.81. The molecule has 0 saturated heterocycles. The molecule has 0 bridgehead atoms.